The fourth-order valence-electron chi connectivity index (χ4n) is 3.54. The van der Waals surface area contributed by atoms with E-state index in [1.54, 1.807) is 12.1 Å². The highest BCUT2D eigenvalue weighted by molar-refractivity contribution is 7.89. The van der Waals surface area contributed by atoms with Gasteiger partial charge in [0.1, 0.15) is 5.69 Å². The maximum atomic E-state index is 13.5. The number of nitrogens with one attached hydrogen (secondary N) is 1. The minimum atomic E-state index is -4.60. The van der Waals surface area contributed by atoms with Crippen molar-refractivity contribution in [1.29, 1.82) is 0 Å². The van der Waals surface area contributed by atoms with E-state index in [0.29, 0.717) is 23.3 Å². The number of hydrogen-bond donors (Lipinski definition) is 1. The van der Waals surface area contributed by atoms with Crippen molar-refractivity contribution in [3.8, 4) is 0 Å². The van der Waals surface area contributed by atoms with Crippen molar-refractivity contribution < 1.29 is 26.4 Å². The fourth-order valence-corrected chi connectivity index (χ4v) is 5.29. The van der Waals surface area contributed by atoms with Gasteiger partial charge in [-0.1, -0.05) is 0 Å². The molecule has 1 aromatic carbocycles. The molecule has 0 bridgehead atoms. The zero-order valence-corrected chi connectivity index (χ0v) is 16.3. The lowest BCUT2D eigenvalue weighted by molar-refractivity contribution is -0.137. The second-order valence-corrected chi connectivity index (χ2v) is 8.62. The predicted octanol–water partition coefficient (Wildman–Crippen LogP) is 3.19. The quantitative estimate of drug-likeness (QED) is 0.680. The molecule has 156 valence electrons. The molecular formula is C19H15F3N4O3S. The largest absolute Gasteiger partial charge is 0.416 e. The molecule has 3 heterocycles. The number of pyridine rings is 1. The molecule has 0 aliphatic carbocycles. The van der Waals surface area contributed by atoms with E-state index in [4.69, 9.17) is 0 Å². The van der Waals surface area contributed by atoms with Gasteiger partial charge in [-0.3, -0.25) is 14.9 Å². The van der Waals surface area contributed by atoms with E-state index >= 15 is 0 Å². The Kier molecular flexibility index (Phi) is 4.74. The van der Waals surface area contributed by atoms with Crippen LogP contribution in [0.15, 0.2) is 59.9 Å². The number of ketones is 1. The molecule has 0 saturated heterocycles. The van der Waals surface area contributed by atoms with Gasteiger partial charge in [-0.25, -0.2) is 8.42 Å². The second kappa shape index (κ2) is 7.03. The topological polar surface area (TPSA) is 96.0 Å². The summed E-state index contributed by atoms with van der Waals surface area (Å²) in [6, 6.07) is 4.40. The zero-order valence-electron chi connectivity index (χ0n) is 15.5. The van der Waals surface area contributed by atoms with Crippen molar-refractivity contribution in [2.45, 2.75) is 30.1 Å². The van der Waals surface area contributed by atoms with Gasteiger partial charge >= 0.3 is 6.18 Å². The number of hydrogen-bond acceptors (Lipinski definition) is 5. The molecule has 0 radical (unpaired) electrons. The lowest BCUT2D eigenvalue weighted by atomic mass is 9.91. The summed E-state index contributed by atoms with van der Waals surface area (Å²) in [5.74, 6) is -0.483. The Bertz CT molecular complexity index is 1190. The van der Waals surface area contributed by atoms with Gasteiger partial charge < -0.3 is 0 Å². The van der Waals surface area contributed by atoms with Gasteiger partial charge in [0, 0.05) is 18.0 Å². The van der Waals surface area contributed by atoms with Crippen LogP contribution in [-0.2, 0) is 16.2 Å². The summed E-state index contributed by atoms with van der Waals surface area (Å²) in [5.41, 5.74) is 0.137. The lowest BCUT2D eigenvalue weighted by Crippen LogP contribution is -2.49. The van der Waals surface area contributed by atoms with Gasteiger partial charge in [0.2, 0.25) is 10.0 Å². The molecule has 4 rings (SSSR count). The highest BCUT2D eigenvalue weighted by Crippen LogP contribution is 2.41. The smallest absolute Gasteiger partial charge is 0.291 e. The number of halogens is 3. The summed E-state index contributed by atoms with van der Waals surface area (Å²) in [6.45, 7) is 1.43. The monoisotopic (exact) mass is 436 g/mol. The van der Waals surface area contributed by atoms with Crippen molar-refractivity contribution in [2.75, 3.05) is 0 Å². The van der Waals surface area contributed by atoms with Gasteiger partial charge in [-0.15, -0.1) is 0 Å². The number of sulfonamides is 1. The third-order valence-electron chi connectivity index (χ3n) is 5.00. The fraction of sp³-hybridized carbons (Fsp3) is 0.211. The highest BCUT2D eigenvalue weighted by Gasteiger charge is 2.46. The standard InChI is InChI=1S/C19H15F3N4O3S/c1-11-18(27)16-15(10-24-25-16)17(12-6-8-23-9-7-12)26(11)30(28,29)14-4-2-13(3-5-14)19(20,21)22/h2-11,17H,1H3,(H,24,25). The Labute approximate surface area is 169 Å². The average molecular weight is 436 g/mol. The number of aromatic amines is 1. The molecule has 2 aromatic heterocycles. The van der Waals surface area contributed by atoms with E-state index in [1.165, 1.54) is 25.5 Å². The average Bonchev–Trinajstić information content (AvgIpc) is 3.20. The SMILES string of the molecule is CC1C(=O)c2[nH]ncc2C(c2ccncc2)N1S(=O)(=O)c1ccc(C(F)(F)F)cc1. The number of fused-ring (bicyclic) bond motifs is 1. The van der Waals surface area contributed by atoms with Crippen LogP contribution in [0.25, 0.3) is 0 Å². The summed E-state index contributed by atoms with van der Waals surface area (Å²) in [6.07, 6.45) is -0.250. The molecule has 1 aliphatic rings. The first-order valence-electron chi connectivity index (χ1n) is 8.80. The van der Waals surface area contributed by atoms with Crippen LogP contribution in [0.3, 0.4) is 0 Å². The highest BCUT2D eigenvalue weighted by atomic mass is 32.2. The Morgan fingerprint density at radius 1 is 1.07 bits per heavy atom. The number of H-pyrrole nitrogens is 1. The molecule has 0 spiro atoms. The maximum Gasteiger partial charge on any atom is 0.416 e. The van der Waals surface area contributed by atoms with Crippen LogP contribution in [0.2, 0.25) is 0 Å². The van der Waals surface area contributed by atoms with Crippen LogP contribution in [-0.4, -0.2) is 39.7 Å². The van der Waals surface area contributed by atoms with Gasteiger partial charge in [0.05, 0.1) is 28.7 Å². The van der Waals surface area contributed by atoms with Crippen LogP contribution < -0.4 is 0 Å². The number of aromatic nitrogens is 3. The number of nitrogens with zero attached hydrogens (tertiary/aromatic N) is 3. The summed E-state index contributed by atoms with van der Waals surface area (Å²) < 4.78 is 66.6. The summed E-state index contributed by atoms with van der Waals surface area (Å²) in [4.78, 5) is 16.4. The van der Waals surface area contributed by atoms with Crippen LogP contribution in [0.4, 0.5) is 13.2 Å². The molecule has 2 unspecified atom stereocenters. The van der Waals surface area contributed by atoms with E-state index in [0.717, 1.165) is 16.4 Å². The zero-order chi connectivity index (χ0) is 21.7. The predicted molar refractivity (Wildman–Crippen MR) is 98.9 cm³/mol. The molecular weight excluding hydrogens is 421 g/mol. The Morgan fingerprint density at radius 3 is 2.30 bits per heavy atom. The number of benzene rings is 1. The molecule has 0 saturated carbocycles. The Morgan fingerprint density at radius 2 is 1.70 bits per heavy atom. The summed E-state index contributed by atoms with van der Waals surface area (Å²) in [7, 11) is -4.34. The number of carbonyl (C=O) groups excluding carboxylic acids is 1. The number of alkyl halides is 3. The van der Waals surface area contributed by atoms with Gasteiger partial charge in [-0.05, 0) is 48.9 Å². The van der Waals surface area contributed by atoms with E-state index in [9.17, 15) is 26.4 Å². The van der Waals surface area contributed by atoms with Crippen molar-refractivity contribution in [3.63, 3.8) is 0 Å². The van der Waals surface area contributed by atoms with E-state index < -0.39 is 39.6 Å². The van der Waals surface area contributed by atoms with Gasteiger partial charge in [-0.2, -0.15) is 22.6 Å². The van der Waals surface area contributed by atoms with E-state index in [-0.39, 0.29) is 10.6 Å². The van der Waals surface area contributed by atoms with E-state index in [2.05, 4.69) is 15.2 Å². The van der Waals surface area contributed by atoms with Crippen LogP contribution in [0, 0.1) is 0 Å². The number of Topliss-reactive ketones (excluding diaryl/α,β-unsaturated/α-hetero) is 1. The first-order chi connectivity index (χ1) is 14.1. The summed E-state index contributed by atoms with van der Waals surface area (Å²) >= 11 is 0. The summed E-state index contributed by atoms with van der Waals surface area (Å²) in [5, 5.41) is 6.50. The molecule has 3 aromatic rings. The first-order valence-corrected chi connectivity index (χ1v) is 10.2. The van der Waals surface area contributed by atoms with Crippen LogP contribution >= 0.6 is 0 Å². The first kappa shape index (κ1) is 20.2. The van der Waals surface area contributed by atoms with Crippen LogP contribution in [0.1, 0.15) is 40.1 Å². The normalized spacial score (nSPS) is 20.2. The van der Waals surface area contributed by atoms with Crippen molar-refractivity contribution in [3.05, 3.63) is 77.4 Å². The van der Waals surface area contributed by atoms with Gasteiger partial charge in [0.15, 0.2) is 5.78 Å². The minimum absolute atomic E-state index is 0.197. The maximum absolute atomic E-state index is 13.5. The number of carbonyl (C=O) groups is 1. The van der Waals surface area contributed by atoms with Crippen molar-refractivity contribution in [2.24, 2.45) is 0 Å². The third-order valence-corrected chi connectivity index (χ3v) is 6.95. The Balaban J connectivity index is 1.87. The molecule has 7 nitrogen and oxygen atoms in total. The molecule has 1 aliphatic heterocycles. The molecule has 1 N–H and O–H groups in total. The van der Waals surface area contributed by atoms with Crippen molar-refractivity contribution >= 4 is 15.8 Å². The molecule has 0 fully saturated rings. The minimum Gasteiger partial charge on any atom is -0.291 e. The molecule has 11 heteroatoms. The van der Waals surface area contributed by atoms with Gasteiger partial charge in [0.25, 0.3) is 0 Å². The molecule has 0 amide bonds. The Hall–Kier alpha value is -3.05. The number of rotatable bonds is 3. The molecule has 2 atom stereocenters. The van der Waals surface area contributed by atoms with Crippen LogP contribution in [0.5, 0.6) is 0 Å². The second-order valence-electron chi connectivity index (χ2n) is 6.78. The van der Waals surface area contributed by atoms with E-state index in [1.807, 2.05) is 0 Å². The molecule has 30 heavy (non-hydrogen) atoms. The van der Waals surface area contributed by atoms with Crippen molar-refractivity contribution in [1.82, 2.24) is 19.5 Å². The third kappa shape index (κ3) is 3.19. The lowest BCUT2D eigenvalue weighted by Gasteiger charge is -2.38.